The molecule has 338 valence electrons. The SMILES string of the molecule is CC/C=C\C/C=C\C/C=C\CCCCCCCC(=O)OC[C@H](COP(=O)(O)OC1C(O)C(O)C(O)[C@@H](O)C1O)OC(=O)CCCC/C=C\C/C=C\C/C=C\CCCCC. The molecule has 1 saturated carbocycles. The van der Waals surface area contributed by atoms with Crippen LogP contribution in [-0.4, -0.2) is 98.3 Å². The molecule has 6 N–H and O–H groups in total. The van der Waals surface area contributed by atoms with Crippen LogP contribution in [0.3, 0.4) is 0 Å². The largest absolute Gasteiger partial charge is 0.472 e. The first-order valence-electron chi connectivity index (χ1n) is 21.7. The van der Waals surface area contributed by atoms with E-state index in [9.17, 15) is 44.6 Å². The molecule has 0 spiro atoms. The number of phosphoric ester groups is 1. The summed E-state index contributed by atoms with van der Waals surface area (Å²) < 4.78 is 33.4. The lowest BCUT2D eigenvalue weighted by Crippen LogP contribution is -2.64. The van der Waals surface area contributed by atoms with E-state index in [1.54, 1.807) is 0 Å². The van der Waals surface area contributed by atoms with Gasteiger partial charge in [0.1, 0.15) is 43.2 Å². The van der Waals surface area contributed by atoms with E-state index in [2.05, 4.69) is 86.8 Å². The van der Waals surface area contributed by atoms with Crippen LogP contribution in [0.15, 0.2) is 72.9 Å². The molecule has 14 heteroatoms. The van der Waals surface area contributed by atoms with Crippen molar-refractivity contribution in [2.75, 3.05) is 13.2 Å². The molecule has 13 nitrogen and oxygen atoms in total. The van der Waals surface area contributed by atoms with Gasteiger partial charge in [0, 0.05) is 12.8 Å². The van der Waals surface area contributed by atoms with Crippen molar-refractivity contribution in [3.05, 3.63) is 72.9 Å². The maximum atomic E-state index is 12.8. The Morgan fingerprint density at radius 3 is 1.51 bits per heavy atom. The van der Waals surface area contributed by atoms with E-state index in [1.165, 1.54) is 19.3 Å². The fourth-order valence-electron chi connectivity index (χ4n) is 6.01. The molecule has 1 rings (SSSR count). The average molecular weight is 855 g/mol. The third kappa shape index (κ3) is 27.7. The van der Waals surface area contributed by atoms with E-state index in [1.807, 2.05) is 0 Å². The molecule has 0 aromatic rings. The molecular formula is C45H75O13P. The van der Waals surface area contributed by atoms with Crippen molar-refractivity contribution in [3.63, 3.8) is 0 Å². The number of aliphatic hydroxyl groups excluding tert-OH is 5. The van der Waals surface area contributed by atoms with Gasteiger partial charge >= 0.3 is 19.8 Å². The molecule has 0 aromatic heterocycles. The number of unbranched alkanes of at least 4 members (excludes halogenated alkanes) is 10. The summed E-state index contributed by atoms with van der Waals surface area (Å²) in [6.45, 7) is 3.09. The summed E-state index contributed by atoms with van der Waals surface area (Å²) in [6.07, 6.45) is 29.6. The summed E-state index contributed by atoms with van der Waals surface area (Å²) in [5, 5.41) is 50.1. The van der Waals surface area contributed by atoms with Gasteiger partial charge in [-0.15, -0.1) is 0 Å². The van der Waals surface area contributed by atoms with Crippen LogP contribution in [0.1, 0.15) is 142 Å². The van der Waals surface area contributed by atoms with E-state index < -0.39 is 75.7 Å². The summed E-state index contributed by atoms with van der Waals surface area (Å²) >= 11 is 0. The molecule has 59 heavy (non-hydrogen) atoms. The van der Waals surface area contributed by atoms with E-state index in [4.69, 9.17) is 18.5 Å². The highest BCUT2D eigenvalue weighted by Gasteiger charge is 2.51. The first kappa shape index (κ1) is 54.3. The smallest absolute Gasteiger partial charge is 0.462 e. The monoisotopic (exact) mass is 854 g/mol. The Morgan fingerprint density at radius 2 is 0.966 bits per heavy atom. The summed E-state index contributed by atoms with van der Waals surface area (Å²) in [6, 6.07) is 0. The number of aliphatic hydroxyl groups is 5. The van der Waals surface area contributed by atoms with Crippen LogP contribution in [0, 0.1) is 0 Å². The van der Waals surface area contributed by atoms with Gasteiger partial charge in [0.25, 0.3) is 0 Å². The molecule has 0 amide bonds. The maximum absolute atomic E-state index is 12.8. The molecular weight excluding hydrogens is 779 g/mol. The van der Waals surface area contributed by atoms with Gasteiger partial charge in [0.2, 0.25) is 0 Å². The zero-order chi connectivity index (χ0) is 43.6. The number of hydrogen-bond donors (Lipinski definition) is 6. The standard InChI is InChI=1S/C45H75O13P/c1-3-5-7-9-11-13-15-17-19-21-23-25-27-29-31-33-38(46)55-35-37(36-56-59(53,54)58-45-43(51)41(49)40(48)42(50)44(45)52)57-39(47)34-32-30-28-26-24-22-20-18-16-14-12-10-8-6-4-2/h5,7,11-14,17-20,24,26,37,40-45,48-52H,3-4,6,8-10,15-16,21-23,25,27-36H2,1-2H3,(H,53,54)/b7-5-,13-11-,14-12-,19-17-,20-18-,26-24-/t37-,40?,41-,42?,43?,44?,45?/m1/s1. The highest BCUT2D eigenvalue weighted by Crippen LogP contribution is 2.47. The van der Waals surface area contributed by atoms with Gasteiger partial charge in [-0.3, -0.25) is 18.6 Å². The lowest BCUT2D eigenvalue weighted by molar-refractivity contribution is -0.220. The summed E-state index contributed by atoms with van der Waals surface area (Å²) in [7, 11) is -5.13. The number of hydrogen-bond acceptors (Lipinski definition) is 12. The molecule has 8 atom stereocenters. The lowest BCUT2D eigenvalue weighted by Gasteiger charge is -2.41. The Bertz CT molecular complexity index is 1310. The van der Waals surface area contributed by atoms with Crippen LogP contribution >= 0.6 is 7.82 Å². The number of rotatable bonds is 34. The first-order valence-corrected chi connectivity index (χ1v) is 23.2. The average Bonchev–Trinajstić information content (AvgIpc) is 3.21. The zero-order valence-electron chi connectivity index (χ0n) is 35.5. The predicted octanol–water partition coefficient (Wildman–Crippen LogP) is 7.94. The second-order valence-corrected chi connectivity index (χ2v) is 16.2. The Balaban J connectivity index is 2.54. The van der Waals surface area contributed by atoms with E-state index in [-0.39, 0.29) is 12.8 Å². The Kier molecular flexibility index (Phi) is 32.2. The predicted molar refractivity (Wildman–Crippen MR) is 230 cm³/mol. The fourth-order valence-corrected chi connectivity index (χ4v) is 6.98. The van der Waals surface area contributed by atoms with Gasteiger partial charge in [-0.05, 0) is 83.5 Å². The van der Waals surface area contributed by atoms with Crippen molar-refractivity contribution in [1.29, 1.82) is 0 Å². The highest BCUT2D eigenvalue weighted by atomic mass is 31.2. The van der Waals surface area contributed by atoms with Crippen molar-refractivity contribution in [1.82, 2.24) is 0 Å². The van der Waals surface area contributed by atoms with E-state index in [0.717, 1.165) is 83.5 Å². The number of phosphoric acid groups is 1. The van der Waals surface area contributed by atoms with Crippen LogP contribution in [-0.2, 0) is 32.7 Å². The molecule has 1 aliphatic rings. The first-order chi connectivity index (χ1) is 28.4. The zero-order valence-corrected chi connectivity index (χ0v) is 36.4. The number of esters is 2. The molecule has 0 aromatic carbocycles. The van der Waals surface area contributed by atoms with Gasteiger partial charge in [-0.2, -0.15) is 0 Å². The van der Waals surface area contributed by atoms with Crippen molar-refractivity contribution in [3.8, 4) is 0 Å². The Labute approximate surface area is 353 Å². The summed E-state index contributed by atoms with van der Waals surface area (Å²) in [5.41, 5.74) is 0. The topological polar surface area (TPSA) is 210 Å². The van der Waals surface area contributed by atoms with Crippen molar-refractivity contribution in [2.45, 2.75) is 185 Å². The van der Waals surface area contributed by atoms with Crippen molar-refractivity contribution >= 4 is 19.8 Å². The van der Waals surface area contributed by atoms with Gasteiger partial charge in [0.05, 0.1) is 6.61 Å². The second-order valence-electron chi connectivity index (χ2n) is 14.8. The minimum Gasteiger partial charge on any atom is -0.462 e. The molecule has 0 bridgehead atoms. The minimum absolute atomic E-state index is 0.0401. The minimum atomic E-state index is -5.13. The fraction of sp³-hybridized carbons (Fsp3) is 0.689. The third-order valence-electron chi connectivity index (χ3n) is 9.53. The second kappa shape index (κ2) is 34.9. The normalized spacial score (nSPS) is 23.1. The maximum Gasteiger partial charge on any atom is 0.472 e. The van der Waals surface area contributed by atoms with E-state index >= 15 is 0 Å². The van der Waals surface area contributed by atoms with Gasteiger partial charge in [0.15, 0.2) is 6.10 Å². The molecule has 0 saturated heterocycles. The van der Waals surface area contributed by atoms with Gasteiger partial charge < -0.3 is 39.9 Å². The quantitative estimate of drug-likeness (QED) is 0.0157. The number of ether oxygens (including phenoxy) is 2. The molecule has 1 fully saturated rings. The Hall–Kier alpha value is -2.71. The van der Waals surface area contributed by atoms with Gasteiger partial charge in [-0.25, -0.2) is 4.57 Å². The van der Waals surface area contributed by atoms with E-state index in [0.29, 0.717) is 12.8 Å². The van der Waals surface area contributed by atoms with Crippen molar-refractivity contribution < 1.29 is 63.1 Å². The molecule has 1 aliphatic carbocycles. The molecule has 0 radical (unpaired) electrons. The molecule has 0 heterocycles. The number of allylic oxidation sites excluding steroid dienone is 12. The number of carbonyl (C=O) groups is 2. The van der Waals surface area contributed by atoms with Crippen LogP contribution in [0.4, 0.5) is 0 Å². The van der Waals surface area contributed by atoms with Crippen LogP contribution < -0.4 is 0 Å². The summed E-state index contributed by atoms with van der Waals surface area (Å²) in [4.78, 5) is 35.6. The molecule has 0 aliphatic heterocycles. The number of carbonyl (C=O) groups excluding carboxylic acids is 2. The third-order valence-corrected chi connectivity index (χ3v) is 10.5. The summed E-state index contributed by atoms with van der Waals surface area (Å²) in [5.74, 6) is -1.17. The van der Waals surface area contributed by atoms with Crippen LogP contribution in [0.25, 0.3) is 0 Å². The van der Waals surface area contributed by atoms with Crippen LogP contribution in [0.2, 0.25) is 0 Å². The highest BCUT2D eigenvalue weighted by molar-refractivity contribution is 7.47. The Morgan fingerprint density at radius 1 is 0.542 bits per heavy atom. The van der Waals surface area contributed by atoms with Crippen molar-refractivity contribution in [2.24, 2.45) is 0 Å². The molecule has 6 unspecified atom stereocenters. The lowest BCUT2D eigenvalue weighted by atomic mass is 9.85. The van der Waals surface area contributed by atoms with Gasteiger partial charge in [-0.1, -0.05) is 119 Å². The van der Waals surface area contributed by atoms with Crippen LogP contribution in [0.5, 0.6) is 0 Å².